The van der Waals surface area contributed by atoms with Crippen LogP contribution in [-0.4, -0.2) is 48.2 Å². The fourth-order valence-corrected chi connectivity index (χ4v) is 1.68. The van der Waals surface area contributed by atoms with Gasteiger partial charge in [0.15, 0.2) is 11.0 Å². The number of likely N-dealkylation sites (N-methyl/N-ethyl adjacent to an activating group) is 2. The van der Waals surface area contributed by atoms with Crippen LogP contribution in [0.25, 0.3) is 0 Å². The van der Waals surface area contributed by atoms with Crippen LogP contribution in [0.2, 0.25) is 5.15 Å². The smallest absolute Gasteiger partial charge is 0.241 e. The van der Waals surface area contributed by atoms with E-state index in [1.54, 1.807) is 19.0 Å². The topological polar surface area (TPSA) is 49.3 Å². The summed E-state index contributed by atoms with van der Waals surface area (Å²) in [5, 5.41) is 8.41. The molecule has 0 fully saturated rings. The molecule has 0 atom stereocenters. The van der Waals surface area contributed by atoms with Crippen molar-refractivity contribution in [2.75, 3.05) is 32.1 Å². The van der Waals surface area contributed by atoms with Gasteiger partial charge in [0.25, 0.3) is 0 Å². The second-order valence-electron chi connectivity index (χ2n) is 4.37. The molecular formula is C12H19ClN4O. The van der Waals surface area contributed by atoms with E-state index in [1.165, 1.54) is 0 Å². The fourth-order valence-electron chi connectivity index (χ4n) is 1.51. The molecule has 0 aliphatic rings. The molecule has 0 bridgehead atoms. The predicted octanol–water partition coefficient (Wildman–Crippen LogP) is 1.66. The number of hydrogen-bond acceptors (Lipinski definition) is 4. The Morgan fingerprint density at radius 2 is 1.83 bits per heavy atom. The van der Waals surface area contributed by atoms with Crippen LogP contribution in [0.3, 0.4) is 0 Å². The summed E-state index contributed by atoms with van der Waals surface area (Å²) in [5.41, 5.74) is 1.86. The summed E-state index contributed by atoms with van der Waals surface area (Å²) in [6.07, 6.45) is 0. The molecule has 1 amide bonds. The molecular weight excluding hydrogens is 252 g/mol. The number of anilines is 1. The Hall–Kier alpha value is -1.36. The molecule has 0 N–H and O–H groups in total. The Kier molecular flexibility index (Phi) is 4.90. The lowest BCUT2D eigenvalue weighted by Gasteiger charge is -2.24. The Morgan fingerprint density at radius 1 is 1.22 bits per heavy atom. The molecule has 0 aliphatic heterocycles. The van der Waals surface area contributed by atoms with Gasteiger partial charge in [-0.25, -0.2) is 0 Å². The predicted molar refractivity (Wildman–Crippen MR) is 73.1 cm³/mol. The third kappa shape index (κ3) is 3.10. The van der Waals surface area contributed by atoms with Gasteiger partial charge in [0.2, 0.25) is 5.91 Å². The van der Waals surface area contributed by atoms with Gasteiger partial charge in [-0.3, -0.25) is 4.79 Å². The normalized spacial score (nSPS) is 10.3. The van der Waals surface area contributed by atoms with Crippen LogP contribution in [0.1, 0.15) is 18.1 Å². The quantitative estimate of drug-likeness (QED) is 0.835. The van der Waals surface area contributed by atoms with Crippen molar-refractivity contribution in [3.8, 4) is 0 Å². The first-order valence-electron chi connectivity index (χ1n) is 5.83. The first-order chi connectivity index (χ1) is 8.38. The first-order valence-corrected chi connectivity index (χ1v) is 6.20. The molecule has 100 valence electrons. The van der Waals surface area contributed by atoms with E-state index < -0.39 is 0 Å². The summed E-state index contributed by atoms with van der Waals surface area (Å²) in [5.74, 6) is 0.750. The van der Waals surface area contributed by atoms with Gasteiger partial charge in [-0.2, -0.15) is 0 Å². The van der Waals surface area contributed by atoms with E-state index in [1.807, 2.05) is 25.7 Å². The van der Waals surface area contributed by atoms with E-state index in [0.29, 0.717) is 18.2 Å². The molecule has 6 heteroatoms. The van der Waals surface area contributed by atoms with Crippen molar-refractivity contribution in [2.45, 2.75) is 20.8 Å². The van der Waals surface area contributed by atoms with Crippen molar-refractivity contribution in [1.29, 1.82) is 0 Å². The van der Waals surface area contributed by atoms with Gasteiger partial charge in [0, 0.05) is 20.6 Å². The first kappa shape index (κ1) is 14.7. The van der Waals surface area contributed by atoms with Crippen LogP contribution in [0.15, 0.2) is 0 Å². The zero-order valence-electron chi connectivity index (χ0n) is 11.5. The molecule has 0 aliphatic carbocycles. The van der Waals surface area contributed by atoms with Crippen molar-refractivity contribution in [3.05, 3.63) is 16.3 Å². The molecule has 1 aromatic rings. The van der Waals surface area contributed by atoms with Gasteiger partial charge in [-0.05, 0) is 31.9 Å². The Bertz CT molecular complexity index is 448. The highest BCUT2D eigenvalue weighted by molar-refractivity contribution is 6.30. The number of aromatic nitrogens is 2. The average Bonchev–Trinajstić information content (AvgIpc) is 2.33. The third-order valence-corrected chi connectivity index (χ3v) is 3.31. The number of nitrogens with zero attached hydrogens (tertiary/aromatic N) is 4. The molecule has 0 saturated carbocycles. The van der Waals surface area contributed by atoms with Gasteiger partial charge in [-0.1, -0.05) is 11.6 Å². The highest BCUT2D eigenvalue weighted by atomic mass is 35.5. The van der Waals surface area contributed by atoms with Crippen molar-refractivity contribution in [3.63, 3.8) is 0 Å². The number of amides is 1. The van der Waals surface area contributed by atoms with Crippen molar-refractivity contribution >= 4 is 23.3 Å². The lowest BCUT2D eigenvalue weighted by Crippen LogP contribution is -2.37. The zero-order valence-corrected chi connectivity index (χ0v) is 12.2. The standard InChI is InChI=1S/C12H19ClN4O/c1-6-17(7-10(18)16(4)5)12-9(3)8(2)11(13)14-15-12/h6-7H2,1-5H3. The SMILES string of the molecule is CCN(CC(=O)N(C)C)c1nnc(Cl)c(C)c1C. The van der Waals surface area contributed by atoms with E-state index >= 15 is 0 Å². The monoisotopic (exact) mass is 270 g/mol. The summed E-state index contributed by atoms with van der Waals surface area (Å²) in [6, 6.07) is 0. The van der Waals surface area contributed by atoms with Crippen molar-refractivity contribution in [2.24, 2.45) is 0 Å². The van der Waals surface area contributed by atoms with E-state index in [4.69, 9.17) is 11.6 Å². The van der Waals surface area contributed by atoms with Crippen LogP contribution in [0.5, 0.6) is 0 Å². The number of carbonyl (C=O) groups excluding carboxylic acids is 1. The Morgan fingerprint density at radius 3 is 2.33 bits per heavy atom. The summed E-state index contributed by atoms with van der Waals surface area (Å²) in [6.45, 7) is 6.80. The fraction of sp³-hybridized carbons (Fsp3) is 0.583. The lowest BCUT2D eigenvalue weighted by atomic mass is 10.2. The van der Waals surface area contributed by atoms with E-state index in [9.17, 15) is 4.79 Å². The number of hydrogen-bond donors (Lipinski definition) is 0. The minimum Gasteiger partial charge on any atom is -0.347 e. The molecule has 1 aromatic heterocycles. The van der Waals surface area contributed by atoms with E-state index in [0.717, 1.165) is 16.9 Å². The maximum absolute atomic E-state index is 11.8. The molecule has 0 unspecified atom stereocenters. The van der Waals surface area contributed by atoms with Gasteiger partial charge in [0.1, 0.15) is 0 Å². The largest absolute Gasteiger partial charge is 0.347 e. The van der Waals surface area contributed by atoms with E-state index in [2.05, 4.69) is 10.2 Å². The summed E-state index contributed by atoms with van der Waals surface area (Å²) < 4.78 is 0. The maximum Gasteiger partial charge on any atom is 0.241 e. The minimum absolute atomic E-state index is 0.0330. The van der Waals surface area contributed by atoms with Crippen molar-refractivity contribution < 1.29 is 4.79 Å². The number of rotatable bonds is 4. The maximum atomic E-state index is 11.8. The number of carbonyl (C=O) groups is 1. The highest BCUT2D eigenvalue weighted by Gasteiger charge is 2.17. The molecule has 0 spiro atoms. The highest BCUT2D eigenvalue weighted by Crippen LogP contribution is 2.23. The molecule has 0 aromatic carbocycles. The molecule has 5 nitrogen and oxygen atoms in total. The molecule has 1 heterocycles. The lowest BCUT2D eigenvalue weighted by molar-refractivity contribution is -0.127. The zero-order chi connectivity index (χ0) is 13.9. The van der Waals surface area contributed by atoms with Gasteiger partial charge < -0.3 is 9.80 Å². The van der Waals surface area contributed by atoms with Crippen LogP contribution < -0.4 is 4.90 Å². The molecule has 18 heavy (non-hydrogen) atoms. The van der Waals surface area contributed by atoms with Crippen LogP contribution in [0.4, 0.5) is 5.82 Å². The van der Waals surface area contributed by atoms with Gasteiger partial charge in [0.05, 0.1) is 6.54 Å². The third-order valence-electron chi connectivity index (χ3n) is 2.95. The second-order valence-corrected chi connectivity index (χ2v) is 4.72. The number of halogens is 1. The molecule has 0 saturated heterocycles. The van der Waals surface area contributed by atoms with Crippen LogP contribution in [-0.2, 0) is 4.79 Å². The van der Waals surface area contributed by atoms with E-state index in [-0.39, 0.29) is 5.91 Å². The van der Waals surface area contributed by atoms with Gasteiger partial charge >= 0.3 is 0 Å². The minimum atomic E-state index is 0.0330. The second kappa shape index (κ2) is 6.00. The van der Waals surface area contributed by atoms with Gasteiger partial charge in [-0.15, -0.1) is 10.2 Å². The van der Waals surface area contributed by atoms with Crippen LogP contribution in [0, 0.1) is 13.8 Å². The Balaban J connectivity index is 3.03. The van der Waals surface area contributed by atoms with Crippen molar-refractivity contribution in [1.82, 2.24) is 15.1 Å². The average molecular weight is 271 g/mol. The summed E-state index contributed by atoms with van der Waals surface area (Å²) in [7, 11) is 3.48. The summed E-state index contributed by atoms with van der Waals surface area (Å²) in [4.78, 5) is 15.2. The molecule has 0 radical (unpaired) electrons. The van der Waals surface area contributed by atoms with Crippen LogP contribution >= 0.6 is 11.6 Å². The molecule has 1 rings (SSSR count). The summed E-state index contributed by atoms with van der Waals surface area (Å²) >= 11 is 5.92. The Labute approximate surface area is 113 Å².